The van der Waals surface area contributed by atoms with Crippen molar-refractivity contribution in [2.75, 3.05) is 5.73 Å². The average Bonchev–Trinajstić information content (AvgIpc) is 2.29. The summed E-state index contributed by atoms with van der Waals surface area (Å²) in [6.07, 6.45) is 3.25. The van der Waals surface area contributed by atoms with Crippen LogP contribution >= 0.6 is 0 Å². The number of aromatic nitrogens is 2. The van der Waals surface area contributed by atoms with Crippen LogP contribution in [-0.4, -0.2) is 9.97 Å². The molecule has 0 unspecified atom stereocenters. The maximum Gasteiger partial charge on any atom is 0.159 e. The Morgan fingerprint density at radius 2 is 1.47 bits per heavy atom. The molecule has 0 fully saturated rings. The highest BCUT2D eigenvalue weighted by Crippen LogP contribution is 2.24. The fourth-order valence-corrected chi connectivity index (χ4v) is 1.61. The first-order valence-electron chi connectivity index (χ1n) is 5.65. The number of nitrogen functional groups attached to an aromatic ring is 1. The molecule has 3 nitrogen and oxygen atoms in total. The molecule has 0 aliphatic carbocycles. The lowest BCUT2D eigenvalue weighted by molar-refractivity contribution is 0.590. The van der Waals surface area contributed by atoms with Gasteiger partial charge in [-0.25, -0.2) is 9.97 Å². The Kier molecular flexibility index (Phi) is 2.84. The predicted octanol–water partition coefficient (Wildman–Crippen LogP) is 3.02. The van der Waals surface area contributed by atoms with E-state index in [-0.39, 0.29) is 5.41 Å². The first-order valence-corrected chi connectivity index (χ1v) is 5.65. The molecule has 1 heterocycles. The van der Waals surface area contributed by atoms with Crippen molar-refractivity contribution in [1.82, 2.24) is 9.97 Å². The van der Waals surface area contributed by atoms with Gasteiger partial charge in [-0.1, -0.05) is 45.0 Å². The van der Waals surface area contributed by atoms with E-state index in [9.17, 15) is 0 Å². The monoisotopic (exact) mass is 227 g/mol. The number of nitrogens with two attached hydrogens (primary N) is 1. The average molecular weight is 227 g/mol. The van der Waals surface area contributed by atoms with Gasteiger partial charge < -0.3 is 5.73 Å². The van der Waals surface area contributed by atoms with Crippen molar-refractivity contribution in [3.05, 3.63) is 42.2 Å². The van der Waals surface area contributed by atoms with Crippen molar-refractivity contribution in [2.45, 2.75) is 26.2 Å². The Balaban J connectivity index is 2.33. The zero-order valence-corrected chi connectivity index (χ0v) is 10.4. The summed E-state index contributed by atoms with van der Waals surface area (Å²) in [5, 5.41) is 0. The van der Waals surface area contributed by atoms with Crippen LogP contribution < -0.4 is 5.73 Å². The van der Waals surface area contributed by atoms with Gasteiger partial charge in [0.1, 0.15) is 0 Å². The minimum absolute atomic E-state index is 0.167. The fraction of sp³-hybridized carbons (Fsp3) is 0.286. The lowest BCUT2D eigenvalue weighted by atomic mass is 9.87. The van der Waals surface area contributed by atoms with Gasteiger partial charge >= 0.3 is 0 Å². The van der Waals surface area contributed by atoms with E-state index < -0.39 is 0 Å². The highest BCUT2D eigenvalue weighted by Gasteiger charge is 2.13. The highest BCUT2D eigenvalue weighted by molar-refractivity contribution is 5.56. The lowest BCUT2D eigenvalue weighted by Crippen LogP contribution is -2.10. The minimum Gasteiger partial charge on any atom is -0.396 e. The minimum atomic E-state index is 0.167. The maximum atomic E-state index is 5.56. The molecule has 0 atom stereocenters. The summed E-state index contributed by atoms with van der Waals surface area (Å²) < 4.78 is 0. The molecule has 0 saturated heterocycles. The number of hydrogen-bond acceptors (Lipinski definition) is 3. The lowest BCUT2D eigenvalue weighted by Gasteiger charge is -2.18. The molecule has 2 aromatic rings. The SMILES string of the molecule is CC(C)(C)c1ccc(-c2ncc(N)cn2)cc1. The van der Waals surface area contributed by atoms with Crippen LogP contribution in [0.1, 0.15) is 26.3 Å². The highest BCUT2D eigenvalue weighted by atomic mass is 14.9. The Morgan fingerprint density at radius 3 is 1.94 bits per heavy atom. The molecule has 0 bridgehead atoms. The second-order valence-corrected chi connectivity index (χ2v) is 5.17. The van der Waals surface area contributed by atoms with Gasteiger partial charge in [0.2, 0.25) is 0 Å². The Labute approximate surface area is 102 Å². The van der Waals surface area contributed by atoms with Gasteiger partial charge in [0.15, 0.2) is 5.82 Å². The molecule has 0 aliphatic heterocycles. The van der Waals surface area contributed by atoms with Gasteiger partial charge in [-0.15, -0.1) is 0 Å². The van der Waals surface area contributed by atoms with Gasteiger partial charge in [0.25, 0.3) is 0 Å². The number of hydrogen-bond donors (Lipinski definition) is 1. The molecule has 88 valence electrons. The van der Waals surface area contributed by atoms with E-state index in [1.54, 1.807) is 12.4 Å². The first-order chi connectivity index (χ1) is 7.97. The molecule has 3 heteroatoms. The summed E-state index contributed by atoms with van der Waals surface area (Å²) in [6, 6.07) is 8.34. The van der Waals surface area contributed by atoms with Gasteiger partial charge in [-0.3, -0.25) is 0 Å². The van der Waals surface area contributed by atoms with Gasteiger partial charge in [0, 0.05) is 5.56 Å². The number of nitrogens with zero attached hydrogens (tertiary/aromatic N) is 2. The van der Waals surface area contributed by atoms with E-state index in [2.05, 4.69) is 42.9 Å². The van der Waals surface area contributed by atoms with Crippen LogP contribution in [0.4, 0.5) is 5.69 Å². The molecule has 0 saturated carbocycles. The quantitative estimate of drug-likeness (QED) is 0.814. The molecule has 2 rings (SSSR count). The van der Waals surface area contributed by atoms with E-state index in [0.29, 0.717) is 11.5 Å². The molecular weight excluding hydrogens is 210 g/mol. The number of rotatable bonds is 1. The van der Waals surface area contributed by atoms with Crippen molar-refractivity contribution in [1.29, 1.82) is 0 Å². The van der Waals surface area contributed by atoms with Crippen molar-refractivity contribution >= 4 is 5.69 Å². The summed E-state index contributed by atoms with van der Waals surface area (Å²) in [4.78, 5) is 8.41. The van der Waals surface area contributed by atoms with Crippen molar-refractivity contribution in [3.63, 3.8) is 0 Å². The third-order valence-electron chi connectivity index (χ3n) is 2.68. The summed E-state index contributed by atoms with van der Waals surface area (Å²) in [5.41, 5.74) is 8.63. The summed E-state index contributed by atoms with van der Waals surface area (Å²) in [7, 11) is 0. The summed E-state index contributed by atoms with van der Waals surface area (Å²) in [5.74, 6) is 0.708. The van der Waals surface area contributed by atoms with Crippen molar-refractivity contribution in [3.8, 4) is 11.4 Å². The third kappa shape index (κ3) is 2.61. The standard InChI is InChI=1S/C14H17N3/c1-14(2,3)11-6-4-10(5-7-11)13-16-8-12(15)9-17-13/h4-9H,15H2,1-3H3. The first kappa shape index (κ1) is 11.6. The van der Waals surface area contributed by atoms with Crippen molar-refractivity contribution in [2.24, 2.45) is 0 Å². The number of benzene rings is 1. The molecule has 0 aliphatic rings. The maximum absolute atomic E-state index is 5.56. The Hall–Kier alpha value is -1.90. The summed E-state index contributed by atoms with van der Waals surface area (Å²) >= 11 is 0. The Bertz CT molecular complexity index is 492. The zero-order valence-electron chi connectivity index (χ0n) is 10.4. The topological polar surface area (TPSA) is 51.8 Å². The third-order valence-corrected chi connectivity index (χ3v) is 2.68. The second kappa shape index (κ2) is 4.17. The summed E-state index contributed by atoms with van der Waals surface area (Å²) in [6.45, 7) is 6.59. The van der Waals surface area contributed by atoms with Crippen LogP contribution in [-0.2, 0) is 5.41 Å². The smallest absolute Gasteiger partial charge is 0.159 e. The molecule has 1 aromatic carbocycles. The van der Waals surface area contributed by atoms with Crippen molar-refractivity contribution < 1.29 is 0 Å². The van der Waals surface area contributed by atoms with Gasteiger partial charge in [-0.05, 0) is 11.0 Å². The van der Waals surface area contributed by atoms with Gasteiger partial charge in [0.05, 0.1) is 18.1 Å². The van der Waals surface area contributed by atoms with Gasteiger partial charge in [-0.2, -0.15) is 0 Å². The molecular formula is C14H17N3. The van der Waals surface area contributed by atoms with Crippen LogP contribution in [0, 0.1) is 0 Å². The van der Waals surface area contributed by atoms with Crippen LogP contribution in [0.15, 0.2) is 36.7 Å². The van der Waals surface area contributed by atoms with E-state index in [4.69, 9.17) is 5.73 Å². The fourth-order valence-electron chi connectivity index (χ4n) is 1.61. The largest absolute Gasteiger partial charge is 0.396 e. The molecule has 0 radical (unpaired) electrons. The van der Waals surface area contributed by atoms with E-state index in [0.717, 1.165) is 5.56 Å². The molecule has 0 spiro atoms. The van der Waals surface area contributed by atoms with E-state index in [1.165, 1.54) is 5.56 Å². The second-order valence-electron chi connectivity index (χ2n) is 5.17. The van der Waals surface area contributed by atoms with Crippen LogP contribution in [0.5, 0.6) is 0 Å². The zero-order chi connectivity index (χ0) is 12.5. The van der Waals surface area contributed by atoms with Crippen LogP contribution in [0.25, 0.3) is 11.4 Å². The van der Waals surface area contributed by atoms with E-state index >= 15 is 0 Å². The predicted molar refractivity (Wildman–Crippen MR) is 70.6 cm³/mol. The normalized spacial score (nSPS) is 11.5. The van der Waals surface area contributed by atoms with Crippen LogP contribution in [0.2, 0.25) is 0 Å². The van der Waals surface area contributed by atoms with E-state index in [1.807, 2.05) is 12.1 Å². The number of anilines is 1. The molecule has 2 N–H and O–H groups in total. The van der Waals surface area contributed by atoms with Crippen LogP contribution in [0.3, 0.4) is 0 Å². The Morgan fingerprint density at radius 1 is 0.941 bits per heavy atom. The molecule has 1 aromatic heterocycles. The molecule has 17 heavy (non-hydrogen) atoms. The molecule has 0 amide bonds.